The molecule has 7 nitrogen and oxygen atoms in total. The predicted octanol–water partition coefficient (Wildman–Crippen LogP) is 5.71. The smallest absolute Gasteiger partial charge is 0.263 e. The third kappa shape index (κ3) is 6.29. The molecular weight excluding hydrogens is 567 g/mol. The summed E-state index contributed by atoms with van der Waals surface area (Å²) in [7, 11) is -3.40. The molecule has 0 aliphatic heterocycles. The van der Waals surface area contributed by atoms with Crippen molar-refractivity contribution in [1.82, 2.24) is 9.88 Å². The van der Waals surface area contributed by atoms with Crippen LogP contribution in [0.15, 0.2) is 82.6 Å². The van der Waals surface area contributed by atoms with Crippen molar-refractivity contribution in [1.29, 1.82) is 5.26 Å². The molecule has 42 heavy (non-hydrogen) atoms. The molecule has 0 fully saturated rings. The monoisotopic (exact) mass is 593 g/mol. The maximum atomic E-state index is 14.5. The molecule has 216 valence electrons. The fourth-order valence-corrected chi connectivity index (χ4v) is 5.26. The number of halogens is 3. The van der Waals surface area contributed by atoms with Crippen molar-refractivity contribution in [3.8, 4) is 17.2 Å². The van der Waals surface area contributed by atoms with Crippen molar-refractivity contribution < 1.29 is 26.4 Å². The van der Waals surface area contributed by atoms with Gasteiger partial charge in [0.1, 0.15) is 17.4 Å². The summed E-state index contributed by atoms with van der Waals surface area (Å²) in [6.07, 6.45) is -0.372. The van der Waals surface area contributed by atoms with E-state index in [1.54, 1.807) is 30.6 Å². The van der Waals surface area contributed by atoms with E-state index in [2.05, 4.69) is 5.32 Å². The van der Waals surface area contributed by atoms with Crippen LogP contribution in [0.4, 0.5) is 13.2 Å². The Kier molecular flexibility index (Phi) is 8.68. The van der Waals surface area contributed by atoms with Crippen LogP contribution in [0.3, 0.4) is 0 Å². The van der Waals surface area contributed by atoms with E-state index in [1.165, 1.54) is 66.9 Å². The largest absolute Gasteiger partial charge is 0.348 e. The van der Waals surface area contributed by atoms with Gasteiger partial charge in [0.25, 0.3) is 12.3 Å². The van der Waals surface area contributed by atoms with Gasteiger partial charge in [0, 0.05) is 35.8 Å². The van der Waals surface area contributed by atoms with Gasteiger partial charge in [-0.15, -0.1) is 0 Å². The number of nitrogens with zero attached hydrogens (tertiary/aromatic N) is 2. The van der Waals surface area contributed by atoms with Crippen molar-refractivity contribution in [3.63, 3.8) is 0 Å². The van der Waals surface area contributed by atoms with Crippen LogP contribution < -0.4 is 10.7 Å². The van der Waals surface area contributed by atoms with Crippen LogP contribution in [0.2, 0.25) is 0 Å². The van der Waals surface area contributed by atoms with E-state index in [4.69, 9.17) is 5.26 Å². The quantitative estimate of drug-likeness (QED) is 0.281. The van der Waals surface area contributed by atoms with Crippen molar-refractivity contribution in [3.05, 3.63) is 122 Å². The predicted molar refractivity (Wildman–Crippen MR) is 151 cm³/mol. The van der Waals surface area contributed by atoms with Crippen molar-refractivity contribution >= 4 is 15.7 Å². The Bertz CT molecular complexity index is 1880. The molecule has 11 heteroatoms. The number of hydrogen-bond donors (Lipinski definition) is 1. The van der Waals surface area contributed by atoms with Crippen LogP contribution in [0.5, 0.6) is 0 Å². The van der Waals surface area contributed by atoms with Crippen LogP contribution >= 0.6 is 0 Å². The molecule has 0 radical (unpaired) electrons. The van der Waals surface area contributed by atoms with Gasteiger partial charge >= 0.3 is 0 Å². The fraction of sp³-hybridized carbons (Fsp3) is 0.194. The number of alkyl halides is 2. The Morgan fingerprint density at radius 1 is 1.05 bits per heavy atom. The third-order valence-electron chi connectivity index (χ3n) is 6.98. The lowest BCUT2D eigenvalue weighted by molar-refractivity contribution is 0.0949. The second kappa shape index (κ2) is 12.0. The molecule has 0 saturated heterocycles. The first kappa shape index (κ1) is 30.3. The molecule has 1 atom stereocenters. The minimum Gasteiger partial charge on any atom is -0.348 e. The second-order valence-corrected chi connectivity index (χ2v) is 11.8. The van der Waals surface area contributed by atoms with Crippen LogP contribution in [0.1, 0.15) is 57.7 Å². The van der Waals surface area contributed by atoms with E-state index >= 15 is 0 Å². The van der Waals surface area contributed by atoms with Gasteiger partial charge in [-0.1, -0.05) is 36.4 Å². The minimum atomic E-state index is -3.40. The number of nitrogens with one attached hydrogen (secondary N) is 1. The number of nitriles is 1. The minimum absolute atomic E-state index is 0.0250. The highest BCUT2D eigenvalue weighted by Gasteiger charge is 2.23. The maximum absolute atomic E-state index is 14.5. The molecule has 3 aromatic carbocycles. The van der Waals surface area contributed by atoms with Gasteiger partial charge in [-0.25, -0.2) is 21.6 Å². The summed E-state index contributed by atoms with van der Waals surface area (Å²) in [6, 6.07) is 16.4. The third-order valence-corrected chi connectivity index (χ3v) is 8.11. The van der Waals surface area contributed by atoms with Crippen LogP contribution in [-0.2, 0) is 16.4 Å². The molecule has 1 heterocycles. The number of amides is 1. The van der Waals surface area contributed by atoms with Gasteiger partial charge in [0.2, 0.25) is 5.43 Å². The van der Waals surface area contributed by atoms with E-state index in [0.29, 0.717) is 16.8 Å². The van der Waals surface area contributed by atoms with E-state index in [-0.39, 0.29) is 39.3 Å². The van der Waals surface area contributed by atoms with Crippen LogP contribution in [0.25, 0.3) is 11.1 Å². The number of carbonyl (C=O) groups excluding carboxylic acids is 1. The van der Waals surface area contributed by atoms with Gasteiger partial charge in [0.05, 0.1) is 16.5 Å². The number of pyridine rings is 1. The molecule has 0 aliphatic carbocycles. The highest BCUT2D eigenvalue weighted by molar-refractivity contribution is 7.90. The molecule has 0 saturated carbocycles. The zero-order valence-electron chi connectivity index (χ0n) is 22.9. The fourth-order valence-electron chi connectivity index (χ4n) is 4.63. The molecule has 0 aliphatic rings. The summed E-state index contributed by atoms with van der Waals surface area (Å²) < 4.78 is 66.5. The molecule has 4 aromatic rings. The molecule has 4 rings (SSSR count). The van der Waals surface area contributed by atoms with E-state index in [9.17, 15) is 31.2 Å². The highest BCUT2D eigenvalue weighted by Crippen LogP contribution is 2.29. The van der Waals surface area contributed by atoms with Crippen molar-refractivity contribution in [2.45, 2.75) is 37.8 Å². The van der Waals surface area contributed by atoms with E-state index in [0.717, 1.165) is 6.26 Å². The average Bonchev–Trinajstić information content (AvgIpc) is 2.95. The number of rotatable bonds is 8. The van der Waals surface area contributed by atoms with Gasteiger partial charge in [0.15, 0.2) is 9.84 Å². The van der Waals surface area contributed by atoms with Gasteiger partial charge in [-0.05, 0) is 60.9 Å². The zero-order chi connectivity index (χ0) is 30.8. The van der Waals surface area contributed by atoms with Crippen LogP contribution in [0, 0.1) is 24.1 Å². The van der Waals surface area contributed by atoms with E-state index < -0.39 is 39.5 Å². The summed E-state index contributed by atoms with van der Waals surface area (Å²) >= 11 is 0. The Morgan fingerprint density at radius 2 is 1.74 bits per heavy atom. The summed E-state index contributed by atoms with van der Waals surface area (Å²) in [5.74, 6) is -1.48. The van der Waals surface area contributed by atoms with Crippen LogP contribution in [-0.4, -0.2) is 25.1 Å². The van der Waals surface area contributed by atoms with Gasteiger partial charge in [-0.3, -0.25) is 9.59 Å². The molecule has 1 unspecified atom stereocenters. The number of carbonyl (C=O) groups is 1. The number of sulfone groups is 1. The first-order valence-corrected chi connectivity index (χ1v) is 14.6. The summed E-state index contributed by atoms with van der Waals surface area (Å²) in [5.41, 5.74) is 0.208. The molecular formula is C31H26F3N3O4S. The second-order valence-electron chi connectivity index (χ2n) is 9.79. The lowest BCUT2D eigenvalue weighted by Crippen LogP contribution is -2.31. The summed E-state index contributed by atoms with van der Waals surface area (Å²) in [4.78, 5) is 27.2. The standard InChI is InChI=1S/C31H26F3N3O4S/c1-18(21-9-10-24(15-35)27(32)14-21)37-17-26(31(39)36-16-20-7-11-25(12-8-20)42(3,40)41)29(38)28(19(37)2)22-5-4-6-23(13-22)30(33)34/h4-14,17-18,30H,16H2,1-3H3,(H,36,39). The van der Waals surface area contributed by atoms with Gasteiger partial charge in [-0.2, -0.15) is 5.26 Å². The van der Waals surface area contributed by atoms with E-state index in [1.807, 2.05) is 0 Å². The molecule has 1 N–H and O–H groups in total. The SMILES string of the molecule is Cc1c(-c2cccc(C(F)F)c2)c(=O)c(C(=O)NCc2ccc(S(C)(=O)=O)cc2)cn1C(C)c1ccc(C#N)c(F)c1. The maximum Gasteiger partial charge on any atom is 0.263 e. The first-order valence-electron chi connectivity index (χ1n) is 12.7. The average molecular weight is 594 g/mol. The highest BCUT2D eigenvalue weighted by atomic mass is 32.2. The lowest BCUT2D eigenvalue weighted by Gasteiger charge is -2.23. The Labute approximate surface area is 240 Å². The lowest BCUT2D eigenvalue weighted by atomic mass is 9.97. The number of aromatic nitrogens is 1. The number of benzene rings is 3. The molecule has 1 aromatic heterocycles. The number of hydrogen-bond acceptors (Lipinski definition) is 5. The first-order chi connectivity index (χ1) is 19.8. The summed E-state index contributed by atoms with van der Waals surface area (Å²) in [6.45, 7) is 3.29. The topological polar surface area (TPSA) is 109 Å². The van der Waals surface area contributed by atoms with Gasteiger partial charge < -0.3 is 9.88 Å². The Balaban J connectivity index is 1.80. The molecule has 0 spiro atoms. The Hall–Kier alpha value is -4.69. The van der Waals surface area contributed by atoms with Crippen molar-refractivity contribution in [2.75, 3.05) is 6.26 Å². The summed E-state index contributed by atoms with van der Waals surface area (Å²) in [5, 5.41) is 11.7. The Morgan fingerprint density at radius 3 is 2.33 bits per heavy atom. The zero-order valence-corrected chi connectivity index (χ0v) is 23.7. The molecule has 1 amide bonds. The van der Waals surface area contributed by atoms with Crippen molar-refractivity contribution in [2.24, 2.45) is 0 Å². The normalized spacial score (nSPS) is 12.1. The molecule has 0 bridgehead atoms.